The number of nitrogens with zero attached hydrogens (tertiary/aromatic N) is 4. The number of ether oxygens (including phenoxy) is 1. The average molecular weight is 765 g/mol. The zero-order valence-electron chi connectivity index (χ0n) is 33.7. The van der Waals surface area contributed by atoms with Crippen LogP contribution in [0.25, 0.3) is 16.5 Å². The van der Waals surface area contributed by atoms with Gasteiger partial charge in [0, 0.05) is 21.6 Å². The molecule has 1 saturated heterocycles. The summed E-state index contributed by atoms with van der Waals surface area (Å²) < 4.78 is 20.5. The van der Waals surface area contributed by atoms with Crippen molar-refractivity contribution >= 4 is 45.8 Å². The Balaban J connectivity index is 2.74. The molecule has 1 unspecified atom stereocenters. The third-order valence-electron chi connectivity index (χ3n) is 12.0. The molecule has 1 fully saturated rings. The minimum Gasteiger partial charge on any atom is -0.458 e. The van der Waals surface area contributed by atoms with Gasteiger partial charge >= 0.3 is 5.97 Å². The van der Waals surface area contributed by atoms with Crippen LogP contribution < -0.4 is 0 Å². The standard InChI is InChI=1S/C38H68N4O6SSi2/c1-13-50(14-2,15-3)47-34-24-35(44)46-33(27(8)22-30-25-49-29(10)40-30)23-31(41-42-39)32(43)21-19-20-26(7)36(28(9)37(45)38(34,11)12)48-51(16-4,17-5)18-6/h22,25-26,28,31-34,36,43H,13-21,23-24H2,1-12H3/b27-22+/t26?,28-,31+,32+,33+,34+,36+/m1/s1. The molecular weight excluding hydrogens is 697 g/mol. The zero-order valence-corrected chi connectivity index (χ0v) is 36.5. The number of aromatic nitrogens is 1. The lowest BCUT2D eigenvalue weighted by atomic mass is 9.73. The summed E-state index contributed by atoms with van der Waals surface area (Å²) in [5.41, 5.74) is 10.00. The highest BCUT2D eigenvalue weighted by molar-refractivity contribution is 7.09. The molecule has 0 aliphatic carbocycles. The predicted octanol–water partition coefficient (Wildman–Crippen LogP) is 10.4. The molecule has 1 aromatic heterocycles. The first-order valence-electron chi connectivity index (χ1n) is 19.4. The van der Waals surface area contributed by atoms with Crippen molar-refractivity contribution in [1.29, 1.82) is 0 Å². The molecule has 0 saturated carbocycles. The molecule has 0 radical (unpaired) electrons. The van der Waals surface area contributed by atoms with Gasteiger partial charge in [-0.1, -0.05) is 80.8 Å². The second-order valence-electron chi connectivity index (χ2n) is 15.4. The topological polar surface area (TPSA) is 144 Å². The summed E-state index contributed by atoms with van der Waals surface area (Å²) in [5.74, 6) is -0.864. The van der Waals surface area contributed by atoms with Crippen molar-refractivity contribution in [2.45, 2.75) is 182 Å². The fourth-order valence-corrected chi connectivity index (χ4v) is 14.2. The number of aliphatic hydroxyl groups excluding tert-OH is 1. The number of Topliss-reactive ketones (excluding diaryl/α,β-unsaturated/α-hetero) is 1. The number of azide groups is 1. The van der Waals surface area contributed by atoms with E-state index in [4.69, 9.17) is 13.6 Å². The maximum Gasteiger partial charge on any atom is 0.309 e. The second kappa shape index (κ2) is 20.6. The Bertz CT molecular complexity index is 1320. The fourth-order valence-electron chi connectivity index (χ4n) is 7.67. The highest BCUT2D eigenvalue weighted by Crippen LogP contribution is 2.40. The van der Waals surface area contributed by atoms with E-state index >= 15 is 0 Å². The van der Waals surface area contributed by atoms with Crippen LogP contribution in [0.1, 0.15) is 119 Å². The number of carbonyl (C=O) groups is 2. The van der Waals surface area contributed by atoms with Crippen molar-refractivity contribution in [2.75, 3.05) is 0 Å². The maximum absolute atomic E-state index is 14.9. The number of carbonyl (C=O) groups excluding carboxylic acids is 2. The molecule has 1 aliphatic heterocycles. The van der Waals surface area contributed by atoms with Crippen LogP contribution >= 0.6 is 11.3 Å². The van der Waals surface area contributed by atoms with Gasteiger partial charge in [0.2, 0.25) is 0 Å². The summed E-state index contributed by atoms with van der Waals surface area (Å²) in [4.78, 5) is 36.7. The second-order valence-corrected chi connectivity index (χ2v) is 25.9. The third kappa shape index (κ3) is 12.1. The average Bonchev–Trinajstić information content (AvgIpc) is 3.53. The lowest BCUT2D eigenvalue weighted by Crippen LogP contribution is -2.53. The summed E-state index contributed by atoms with van der Waals surface area (Å²) in [5, 5.41) is 18.3. The van der Waals surface area contributed by atoms with Gasteiger partial charge in [-0.15, -0.1) is 11.3 Å². The molecule has 290 valence electrons. The van der Waals surface area contributed by atoms with Crippen molar-refractivity contribution in [3.05, 3.63) is 32.1 Å². The van der Waals surface area contributed by atoms with Crippen molar-refractivity contribution in [1.82, 2.24) is 4.98 Å². The monoisotopic (exact) mass is 764 g/mol. The first-order valence-corrected chi connectivity index (χ1v) is 25.4. The number of thiazole rings is 1. The molecule has 1 aliphatic rings. The highest BCUT2D eigenvalue weighted by atomic mass is 32.1. The van der Waals surface area contributed by atoms with E-state index in [-0.39, 0.29) is 30.6 Å². The lowest BCUT2D eigenvalue weighted by Gasteiger charge is -2.44. The summed E-state index contributed by atoms with van der Waals surface area (Å²) in [6.45, 7) is 24.8. The van der Waals surface area contributed by atoms with Crippen molar-refractivity contribution in [3.8, 4) is 0 Å². The van der Waals surface area contributed by atoms with Crippen LogP contribution in [0.2, 0.25) is 36.3 Å². The van der Waals surface area contributed by atoms with Gasteiger partial charge in [0.15, 0.2) is 16.6 Å². The zero-order chi connectivity index (χ0) is 38.6. The minimum absolute atomic E-state index is 0.0357. The number of aryl methyl sites for hydroxylation is 1. The predicted molar refractivity (Wildman–Crippen MR) is 214 cm³/mol. The Morgan fingerprint density at radius 1 is 1.06 bits per heavy atom. The van der Waals surface area contributed by atoms with Crippen LogP contribution in [0, 0.1) is 24.2 Å². The normalized spacial score (nSPS) is 27.9. The van der Waals surface area contributed by atoms with E-state index in [1.165, 1.54) is 11.3 Å². The number of ketones is 1. The van der Waals surface area contributed by atoms with E-state index in [0.29, 0.717) is 12.8 Å². The van der Waals surface area contributed by atoms with E-state index in [0.717, 1.165) is 59.0 Å². The Morgan fingerprint density at radius 2 is 1.63 bits per heavy atom. The number of hydrogen-bond donors (Lipinski definition) is 1. The molecule has 0 aromatic carbocycles. The van der Waals surface area contributed by atoms with Crippen molar-refractivity contribution in [3.63, 3.8) is 0 Å². The van der Waals surface area contributed by atoms with E-state index in [1.807, 2.05) is 46.1 Å². The molecule has 2 heterocycles. The van der Waals surface area contributed by atoms with Crippen LogP contribution in [0.15, 0.2) is 16.1 Å². The minimum atomic E-state index is -2.29. The van der Waals surface area contributed by atoms with E-state index in [2.05, 4.69) is 63.5 Å². The van der Waals surface area contributed by atoms with E-state index in [1.54, 1.807) is 0 Å². The first kappa shape index (κ1) is 45.3. The van der Waals surface area contributed by atoms with Gasteiger partial charge in [-0.3, -0.25) is 9.59 Å². The molecule has 0 spiro atoms. The van der Waals surface area contributed by atoms with E-state index < -0.39 is 58.3 Å². The van der Waals surface area contributed by atoms with Crippen LogP contribution in [0.5, 0.6) is 0 Å². The molecule has 1 N–H and O–H groups in total. The smallest absolute Gasteiger partial charge is 0.309 e. The van der Waals surface area contributed by atoms with Gasteiger partial charge in [-0.2, -0.15) is 0 Å². The largest absolute Gasteiger partial charge is 0.458 e. The van der Waals surface area contributed by atoms with Crippen molar-refractivity contribution < 1.29 is 28.3 Å². The van der Waals surface area contributed by atoms with E-state index in [9.17, 15) is 20.2 Å². The SMILES string of the molecule is CC[Si](CC)(CC)O[C@H]1CC(=O)O[C@H](/C(C)=C/c2csc(C)n2)C[C@H](N=[N+]=[N-])[C@@H](O)CCCC(C)[C@H](O[Si](CC)(CC)CC)[C@@H](C)C(=O)C1(C)C. The summed E-state index contributed by atoms with van der Waals surface area (Å²) >= 11 is 1.53. The third-order valence-corrected chi connectivity index (χ3v) is 22.0. The maximum atomic E-state index is 14.9. The molecule has 2 rings (SSSR count). The van der Waals surface area contributed by atoms with Gasteiger partial charge in [-0.05, 0) is 92.5 Å². The molecule has 7 atom stereocenters. The molecule has 51 heavy (non-hydrogen) atoms. The van der Waals surface area contributed by atoms with Gasteiger partial charge in [0.25, 0.3) is 0 Å². The molecule has 10 nitrogen and oxygen atoms in total. The number of hydrogen-bond acceptors (Lipinski definition) is 9. The fraction of sp³-hybridized carbons (Fsp3) is 0.816. The van der Waals surface area contributed by atoms with Crippen LogP contribution in [-0.2, 0) is 23.2 Å². The molecule has 13 heteroatoms. The lowest BCUT2D eigenvalue weighted by molar-refractivity contribution is -0.154. The number of aliphatic hydroxyl groups is 1. The molecular formula is C38H68N4O6SSi2. The van der Waals surface area contributed by atoms with Crippen LogP contribution in [0.3, 0.4) is 0 Å². The Kier molecular flexibility index (Phi) is 18.3. The first-order chi connectivity index (χ1) is 24.0. The van der Waals surface area contributed by atoms with Gasteiger partial charge in [-0.25, -0.2) is 4.98 Å². The molecule has 0 amide bonds. The molecule has 0 bridgehead atoms. The van der Waals surface area contributed by atoms with Gasteiger partial charge < -0.3 is 18.7 Å². The Labute approximate surface area is 314 Å². The van der Waals surface area contributed by atoms with Crippen molar-refractivity contribution in [2.24, 2.45) is 22.4 Å². The van der Waals surface area contributed by atoms with Crippen LogP contribution in [0.4, 0.5) is 0 Å². The van der Waals surface area contributed by atoms with Gasteiger partial charge in [0.1, 0.15) is 11.9 Å². The summed E-state index contributed by atoms with van der Waals surface area (Å²) in [6.07, 6.45) is 0.938. The van der Waals surface area contributed by atoms with Gasteiger partial charge in [0.05, 0.1) is 41.5 Å². The number of rotatable bonds is 13. The number of cyclic esters (lactones) is 1. The summed E-state index contributed by atoms with van der Waals surface area (Å²) in [6, 6.07) is 4.69. The van der Waals surface area contributed by atoms with Crippen LogP contribution in [-0.4, -0.2) is 68.9 Å². The number of esters is 1. The summed E-state index contributed by atoms with van der Waals surface area (Å²) in [7, 11) is -4.41. The Hall–Kier alpha value is -1.87. The quantitative estimate of drug-likeness (QED) is 0.0692. The molecule has 1 aromatic rings. The highest BCUT2D eigenvalue weighted by Gasteiger charge is 2.48. The Morgan fingerprint density at radius 3 is 2.14 bits per heavy atom.